The number of aromatic nitrogens is 4. The normalized spacial score (nSPS) is 14.4. The predicted molar refractivity (Wildman–Crippen MR) is 178 cm³/mol. The number of fused-ring (bicyclic) bond motifs is 3. The summed E-state index contributed by atoms with van der Waals surface area (Å²) in [5, 5.41) is 8.91. The number of carbonyl (C=O) groups excluding carboxylic acids is 1. The molecule has 0 radical (unpaired) electrons. The van der Waals surface area contributed by atoms with Crippen molar-refractivity contribution in [3.63, 3.8) is 0 Å². The molecule has 0 saturated heterocycles. The zero-order chi connectivity index (χ0) is 31.1. The molecule has 1 aliphatic rings. The fourth-order valence-electron chi connectivity index (χ4n) is 5.63. The van der Waals surface area contributed by atoms with Crippen LogP contribution in [0.4, 0.5) is 10.6 Å². The van der Waals surface area contributed by atoms with Crippen molar-refractivity contribution < 1.29 is 9.53 Å². The van der Waals surface area contributed by atoms with Crippen molar-refractivity contribution in [3.8, 4) is 10.4 Å². The third kappa shape index (κ3) is 5.69. The van der Waals surface area contributed by atoms with Crippen molar-refractivity contribution in [3.05, 3.63) is 118 Å². The van der Waals surface area contributed by atoms with Crippen LogP contribution in [0.3, 0.4) is 0 Å². The summed E-state index contributed by atoms with van der Waals surface area (Å²) in [6.45, 7) is 4.89. The lowest BCUT2D eigenvalue weighted by Gasteiger charge is -2.19. The largest absolute Gasteiger partial charge is 0.445 e. The van der Waals surface area contributed by atoms with E-state index in [4.69, 9.17) is 9.72 Å². The predicted octanol–water partition coefficient (Wildman–Crippen LogP) is 7.22. The minimum atomic E-state index is -0.366. The van der Waals surface area contributed by atoms with Gasteiger partial charge in [0.2, 0.25) is 0 Å². The number of nitrogens with zero attached hydrogens (tertiary/aromatic N) is 5. The average molecular weight is 619 g/mol. The van der Waals surface area contributed by atoms with Gasteiger partial charge < -0.3 is 19.5 Å². The quantitative estimate of drug-likeness (QED) is 0.184. The molecular weight excluding hydrogens is 584 g/mol. The van der Waals surface area contributed by atoms with Crippen LogP contribution in [0.15, 0.2) is 96.1 Å². The lowest BCUT2D eigenvalue weighted by molar-refractivity contribution is 0.103. The number of pyridine rings is 1. The molecule has 4 aromatic heterocycles. The zero-order valence-corrected chi connectivity index (χ0v) is 26.3. The highest BCUT2D eigenvalue weighted by Crippen LogP contribution is 2.42. The van der Waals surface area contributed by atoms with Crippen molar-refractivity contribution in [1.82, 2.24) is 24.1 Å². The summed E-state index contributed by atoms with van der Waals surface area (Å²) in [7, 11) is 1.76. The molecule has 9 nitrogen and oxygen atoms in total. The van der Waals surface area contributed by atoms with Crippen LogP contribution in [0.25, 0.3) is 27.0 Å². The first-order valence-electron chi connectivity index (χ1n) is 15.1. The van der Waals surface area contributed by atoms with Gasteiger partial charge in [0.1, 0.15) is 12.4 Å². The van der Waals surface area contributed by atoms with Gasteiger partial charge in [-0.05, 0) is 55.5 Å². The van der Waals surface area contributed by atoms with E-state index < -0.39 is 0 Å². The maximum Gasteiger partial charge on any atom is 0.410 e. The van der Waals surface area contributed by atoms with Crippen molar-refractivity contribution >= 4 is 39.8 Å². The molecule has 1 atom stereocenters. The molecule has 1 fully saturated rings. The van der Waals surface area contributed by atoms with E-state index in [-0.39, 0.29) is 29.8 Å². The molecule has 0 bridgehead atoms. The summed E-state index contributed by atoms with van der Waals surface area (Å²) in [5.41, 5.74) is 4.31. The Hall–Kier alpha value is -4.96. The number of hydrogen-bond acceptors (Lipinski definition) is 7. The molecule has 1 N–H and O–H groups in total. The van der Waals surface area contributed by atoms with E-state index in [1.165, 1.54) is 0 Å². The number of nitrogens with one attached hydrogen (secondary N) is 1. The highest BCUT2D eigenvalue weighted by molar-refractivity contribution is 7.15. The number of ether oxygens (including phenoxy) is 1. The molecule has 45 heavy (non-hydrogen) atoms. The minimum Gasteiger partial charge on any atom is -0.445 e. The fraction of sp³-hybridized carbons (Fsp3) is 0.257. The van der Waals surface area contributed by atoms with Crippen LogP contribution in [-0.4, -0.2) is 37.2 Å². The smallest absolute Gasteiger partial charge is 0.410 e. The molecular formula is C35H34N6O3S. The van der Waals surface area contributed by atoms with Crippen LogP contribution < -0.4 is 10.9 Å². The molecule has 7 rings (SSSR count). The first-order chi connectivity index (χ1) is 21.8. The van der Waals surface area contributed by atoms with E-state index in [9.17, 15) is 9.59 Å². The second-order valence-corrected chi connectivity index (χ2v) is 13.1. The molecule has 0 aliphatic heterocycles. The summed E-state index contributed by atoms with van der Waals surface area (Å²) in [5.74, 6) is 0.717. The monoisotopic (exact) mass is 618 g/mol. The highest BCUT2D eigenvalue weighted by atomic mass is 32.1. The van der Waals surface area contributed by atoms with Gasteiger partial charge in [-0.2, -0.15) is 5.10 Å². The van der Waals surface area contributed by atoms with Crippen LogP contribution in [0.2, 0.25) is 0 Å². The lowest BCUT2D eigenvalue weighted by Crippen LogP contribution is -2.27. The topological polar surface area (TPSA) is 93.8 Å². The zero-order valence-electron chi connectivity index (χ0n) is 25.4. The van der Waals surface area contributed by atoms with E-state index in [1.807, 2.05) is 65.4 Å². The number of anilines is 1. The lowest BCUT2D eigenvalue weighted by atomic mass is 10.1. The maximum atomic E-state index is 13.1. The van der Waals surface area contributed by atoms with E-state index in [1.54, 1.807) is 40.1 Å². The number of carbonyl (C=O) groups is 1. The first kappa shape index (κ1) is 28.8. The average Bonchev–Trinajstić information content (AvgIpc) is 3.40. The third-order valence-corrected chi connectivity index (χ3v) is 9.83. The molecule has 2 aromatic carbocycles. The fourth-order valence-corrected chi connectivity index (χ4v) is 6.70. The van der Waals surface area contributed by atoms with E-state index >= 15 is 0 Å². The highest BCUT2D eigenvalue weighted by Gasteiger charge is 2.40. The minimum absolute atomic E-state index is 0.0267. The van der Waals surface area contributed by atoms with Gasteiger partial charge in [-0.3, -0.25) is 4.79 Å². The summed E-state index contributed by atoms with van der Waals surface area (Å²) < 4.78 is 9.11. The van der Waals surface area contributed by atoms with Crippen molar-refractivity contribution in [2.24, 2.45) is 0 Å². The Morgan fingerprint density at radius 2 is 1.87 bits per heavy atom. The molecule has 228 valence electrons. The van der Waals surface area contributed by atoms with Crippen LogP contribution in [0, 0.1) is 0 Å². The summed E-state index contributed by atoms with van der Waals surface area (Å²) in [6, 6.07) is 25.6. The third-order valence-electron chi connectivity index (χ3n) is 8.53. The number of thiophene rings is 1. The van der Waals surface area contributed by atoms with Crippen LogP contribution >= 0.6 is 11.3 Å². The van der Waals surface area contributed by atoms with Gasteiger partial charge in [0.25, 0.3) is 5.56 Å². The Morgan fingerprint density at radius 1 is 1.09 bits per heavy atom. The van der Waals surface area contributed by atoms with E-state index in [0.717, 1.165) is 56.0 Å². The van der Waals surface area contributed by atoms with Crippen LogP contribution in [0.5, 0.6) is 0 Å². The number of rotatable bonds is 9. The number of amides is 1. The number of hydrogen-bond donors (Lipinski definition) is 1. The van der Waals surface area contributed by atoms with Crippen LogP contribution in [-0.2, 0) is 23.4 Å². The summed E-state index contributed by atoms with van der Waals surface area (Å²) in [6.07, 6.45) is 5.24. The van der Waals surface area contributed by atoms with Gasteiger partial charge in [-0.15, -0.1) is 11.3 Å². The molecule has 1 aliphatic carbocycles. The SMILES string of the molecule is C[C@@H](Nc1nc2ccnn2c2cc(=O)n(C3(C)CC3)cc12)c1ccc(-c2ccccc2CN(C)C(=O)OCc2ccccc2)s1. The van der Waals surface area contributed by atoms with Crippen molar-refractivity contribution in [1.29, 1.82) is 0 Å². The summed E-state index contributed by atoms with van der Waals surface area (Å²) >= 11 is 1.70. The molecule has 0 unspecified atom stereocenters. The van der Waals surface area contributed by atoms with E-state index in [2.05, 4.69) is 42.5 Å². The van der Waals surface area contributed by atoms with Gasteiger partial charge in [0.05, 0.1) is 23.1 Å². The Kier molecular flexibility index (Phi) is 7.37. The Labute approximate surface area is 264 Å². The molecule has 10 heteroatoms. The second-order valence-electron chi connectivity index (χ2n) is 12.0. The molecule has 1 saturated carbocycles. The van der Waals surface area contributed by atoms with Crippen molar-refractivity contribution in [2.45, 2.75) is 51.4 Å². The van der Waals surface area contributed by atoms with Gasteiger partial charge in [-0.1, -0.05) is 54.6 Å². The van der Waals surface area contributed by atoms with Crippen molar-refractivity contribution in [2.75, 3.05) is 12.4 Å². The maximum absolute atomic E-state index is 13.1. The summed E-state index contributed by atoms with van der Waals surface area (Å²) in [4.78, 5) is 34.6. The van der Waals surface area contributed by atoms with Gasteiger partial charge in [-0.25, -0.2) is 14.3 Å². The first-order valence-corrected chi connectivity index (χ1v) is 15.9. The molecule has 0 spiro atoms. The Morgan fingerprint density at radius 3 is 2.67 bits per heavy atom. The Balaban J connectivity index is 1.12. The molecule has 1 amide bonds. The molecule has 4 heterocycles. The molecule has 6 aromatic rings. The van der Waals surface area contributed by atoms with Gasteiger partial charge in [0, 0.05) is 47.2 Å². The van der Waals surface area contributed by atoms with E-state index in [0.29, 0.717) is 12.2 Å². The standard InChI is InChI=1S/C35H34N6O3S/c1-23(37-33-27-21-40(35(2)16-17-35)32(42)19-28(27)41-31(38-33)15-18-36-41)29-13-14-30(45-29)26-12-8-7-11-25(26)20-39(3)34(43)44-22-24-9-5-4-6-10-24/h4-15,18-19,21,23H,16-17,20,22H2,1-3H3,(H,37,38)/t23-/m1/s1. The van der Waals surface area contributed by atoms with Gasteiger partial charge >= 0.3 is 6.09 Å². The van der Waals surface area contributed by atoms with Gasteiger partial charge in [0.15, 0.2) is 5.65 Å². The second kappa shape index (κ2) is 11.5. The Bertz CT molecular complexity index is 2080. The van der Waals surface area contributed by atoms with Crippen LogP contribution in [0.1, 0.15) is 48.7 Å². The number of benzene rings is 2.